The Morgan fingerprint density at radius 1 is 1.19 bits per heavy atom. The van der Waals surface area contributed by atoms with Gasteiger partial charge in [-0.15, -0.1) is 6.58 Å². The zero-order valence-electron chi connectivity index (χ0n) is 16.8. The van der Waals surface area contributed by atoms with E-state index < -0.39 is 29.3 Å². The number of nitrogens with two attached hydrogens (primary N) is 1. The second-order valence-corrected chi connectivity index (χ2v) is 8.73. The van der Waals surface area contributed by atoms with E-state index in [9.17, 15) is 9.59 Å². The van der Waals surface area contributed by atoms with Crippen LogP contribution in [0.25, 0.3) is 0 Å². The van der Waals surface area contributed by atoms with Crippen molar-refractivity contribution in [2.24, 2.45) is 10.7 Å². The van der Waals surface area contributed by atoms with Gasteiger partial charge in [0.15, 0.2) is 5.17 Å². The van der Waals surface area contributed by atoms with Gasteiger partial charge in [0.1, 0.15) is 17.2 Å². The van der Waals surface area contributed by atoms with Crippen molar-refractivity contribution in [2.45, 2.75) is 71.6 Å². The first-order chi connectivity index (χ1) is 11.8. The van der Waals surface area contributed by atoms with Gasteiger partial charge in [0.2, 0.25) is 0 Å². The normalized spacial score (nSPS) is 13.7. The molecule has 0 heterocycles. The van der Waals surface area contributed by atoms with E-state index in [1.807, 2.05) is 0 Å². The topological polar surface area (TPSA) is 103 Å². The van der Waals surface area contributed by atoms with Crippen LogP contribution in [0.4, 0.5) is 4.79 Å². The van der Waals surface area contributed by atoms with Crippen LogP contribution >= 0.6 is 11.8 Å². The lowest BCUT2D eigenvalue weighted by atomic mass is 10.1. The Bertz CT molecular complexity index is 508. The number of nitrogens with one attached hydrogen (secondary N) is 1. The Labute approximate surface area is 161 Å². The van der Waals surface area contributed by atoms with E-state index in [1.54, 1.807) is 47.6 Å². The fourth-order valence-electron chi connectivity index (χ4n) is 1.75. The quantitative estimate of drug-likeness (QED) is 0.218. The molecule has 0 rings (SSSR count). The Morgan fingerprint density at radius 3 is 2.27 bits per heavy atom. The third kappa shape index (κ3) is 13.6. The fraction of sp³-hybridized carbons (Fsp3) is 0.722. The van der Waals surface area contributed by atoms with Crippen molar-refractivity contribution >= 4 is 29.0 Å². The van der Waals surface area contributed by atoms with Gasteiger partial charge in [-0.05, 0) is 54.4 Å². The standard InChI is InChI=1S/C18H33N3O4S/c1-8-12-26-15(19)20-11-9-10-13(14(22)24-17(2,3)4)21-16(23)25-18(5,6)7/h8,13H,1,9-12H2,2-7H3,(H2,19,20)(H,21,23). The number of esters is 1. The summed E-state index contributed by atoms with van der Waals surface area (Å²) in [7, 11) is 0. The third-order valence-corrected chi connectivity index (χ3v) is 3.48. The lowest BCUT2D eigenvalue weighted by Gasteiger charge is -2.26. The minimum Gasteiger partial charge on any atom is -0.458 e. The van der Waals surface area contributed by atoms with Crippen LogP contribution in [0.2, 0.25) is 0 Å². The van der Waals surface area contributed by atoms with Crippen molar-refractivity contribution in [3.8, 4) is 0 Å². The first-order valence-corrected chi connectivity index (χ1v) is 9.58. The maximum atomic E-state index is 12.4. The number of rotatable bonds is 8. The summed E-state index contributed by atoms with van der Waals surface area (Å²) in [5.41, 5.74) is 4.46. The lowest BCUT2D eigenvalue weighted by molar-refractivity contribution is -0.157. The number of amides is 1. The number of carbonyl (C=O) groups excluding carboxylic acids is 2. The van der Waals surface area contributed by atoms with E-state index >= 15 is 0 Å². The molecule has 0 bridgehead atoms. The summed E-state index contributed by atoms with van der Waals surface area (Å²) < 4.78 is 10.6. The van der Waals surface area contributed by atoms with Crippen LogP contribution in [-0.4, -0.2) is 46.8 Å². The Morgan fingerprint density at radius 2 is 1.77 bits per heavy atom. The average Bonchev–Trinajstić information content (AvgIpc) is 2.44. The molecule has 0 radical (unpaired) electrons. The maximum absolute atomic E-state index is 12.4. The minimum absolute atomic E-state index is 0.372. The van der Waals surface area contributed by atoms with Crippen molar-refractivity contribution in [1.29, 1.82) is 0 Å². The monoisotopic (exact) mass is 387 g/mol. The molecule has 0 aromatic heterocycles. The summed E-state index contributed by atoms with van der Waals surface area (Å²) in [4.78, 5) is 28.6. The van der Waals surface area contributed by atoms with Gasteiger partial charge in [0, 0.05) is 12.3 Å². The molecule has 0 aromatic carbocycles. The molecule has 0 aliphatic heterocycles. The van der Waals surface area contributed by atoms with Crippen molar-refractivity contribution in [2.75, 3.05) is 12.3 Å². The van der Waals surface area contributed by atoms with Crippen LogP contribution in [-0.2, 0) is 14.3 Å². The number of aliphatic imine (C=N–C) groups is 1. The van der Waals surface area contributed by atoms with Crippen LogP contribution in [0.5, 0.6) is 0 Å². The highest BCUT2D eigenvalue weighted by atomic mass is 32.2. The first kappa shape index (κ1) is 24.3. The Balaban J connectivity index is 4.75. The molecule has 8 heteroatoms. The number of thioether (sulfide) groups is 1. The van der Waals surface area contributed by atoms with Gasteiger partial charge in [-0.3, -0.25) is 4.99 Å². The van der Waals surface area contributed by atoms with Crippen LogP contribution in [0.3, 0.4) is 0 Å². The van der Waals surface area contributed by atoms with Gasteiger partial charge in [-0.25, -0.2) is 9.59 Å². The zero-order chi connectivity index (χ0) is 20.4. The number of carbonyl (C=O) groups is 2. The molecule has 26 heavy (non-hydrogen) atoms. The Hall–Kier alpha value is -1.70. The van der Waals surface area contributed by atoms with Crippen molar-refractivity contribution in [3.63, 3.8) is 0 Å². The van der Waals surface area contributed by atoms with Gasteiger partial charge >= 0.3 is 12.1 Å². The van der Waals surface area contributed by atoms with Gasteiger partial charge in [-0.2, -0.15) is 0 Å². The summed E-state index contributed by atoms with van der Waals surface area (Å²) in [5, 5.41) is 3.06. The second-order valence-electron chi connectivity index (χ2n) is 7.69. The molecule has 150 valence electrons. The zero-order valence-corrected chi connectivity index (χ0v) is 17.6. The number of alkyl carbamates (subject to hydrolysis) is 1. The van der Waals surface area contributed by atoms with Gasteiger partial charge in [-0.1, -0.05) is 17.8 Å². The molecular formula is C18H33N3O4S. The molecule has 1 unspecified atom stereocenters. The average molecular weight is 388 g/mol. The SMILES string of the molecule is C=CCSC(N)=NCCCC(NC(=O)OC(C)(C)C)C(=O)OC(C)(C)C. The van der Waals surface area contributed by atoms with Crippen LogP contribution in [0, 0.1) is 0 Å². The molecule has 1 atom stereocenters. The first-order valence-electron chi connectivity index (χ1n) is 8.60. The van der Waals surface area contributed by atoms with Gasteiger partial charge in [0.05, 0.1) is 0 Å². The number of hydrogen-bond acceptors (Lipinski definition) is 6. The summed E-state index contributed by atoms with van der Waals surface area (Å²) in [5.74, 6) is 0.192. The molecule has 1 amide bonds. The fourth-order valence-corrected chi connectivity index (χ4v) is 2.22. The molecule has 3 N–H and O–H groups in total. The van der Waals surface area contributed by atoms with E-state index in [0.29, 0.717) is 30.3 Å². The Kier molecular flexibility index (Phi) is 10.4. The van der Waals surface area contributed by atoms with Crippen molar-refractivity contribution in [1.82, 2.24) is 5.32 Å². The van der Waals surface area contributed by atoms with Crippen LogP contribution in [0.15, 0.2) is 17.6 Å². The molecular weight excluding hydrogens is 354 g/mol. The highest BCUT2D eigenvalue weighted by Gasteiger charge is 2.28. The van der Waals surface area contributed by atoms with E-state index in [0.717, 1.165) is 0 Å². The van der Waals surface area contributed by atoms with E-state index in [4.69, 9.17) is 15.2 Å². The predicted molar refractivity (Wildman–Crippen MR) is 107 cm³/mol. The highest BCUT2D eigenvalue weighted by Crippen LogP contribution is 2.13. The van der Waals surface area contributed by atoms with Crippen molar-refractivity contribution < 1.29 is 19.1 Å². The molecule has 0 aliphatic carbocycles. The van der Waals surface area contributed by atoms with E-state index in [2.05, 4.69) is 16.9 Å². The van der Waals surface area contributed by atoms with Gasteiger partial charge in [0.25, 0.3) is 0 Å². The largest absolute Gasteiger partial charge is 0.458 e. The summed E-state index contributed by atoms with van der Waals surface area (Å²) in [6.45, 7) is 14.7. The second kappa shape index (κ2) is 11.1. The molecule has 7 nitrogen and oxygen atoms in total. The molecule has 0 aliphatic rings. The summed E-state index contributed by atoms with van der Waals surface area (Å²) in [6, 6.07) is -0.804. The number of nitrogens with zero attached hydrogens (tertiary/aromatic N) is 1. The molecule has 0 aromatic rings. The van der Waals surface area contributed by atoms with E-state index in [1.165, 1.54) is 11.8 Å². The number of ether oxygens (including phenoxy) is 2. The molecule has 0 fully saturated rings. The van der Waals surface area contributed by atoms with Gasteiger partial charge < -0.3 is 20.5 Å². The summed E-state index contributed by atoms with van der Waals surface area (Å²) in [6.07, 6.45) is 2.03. The van der Waals surface area contributed by atoms with Crippen LogP contribution in [0.1, 0.15) is 54.4 Å². The van der Waals surface area contributed by atoms with E-state index in [-0.39, 0.29) is 0 Å². The smallest absolute Gasteiger partial charge is 0.408 e. The summed E-state index contributed by atoms with van der Waals surface area (Å²) >= 11 is 1.39. The van der Waals surface area contributed by atoms with Crippen LogP contribution < -0.4 is 11.1 Å². The predicted octanol–water partition coefficient (Wildman–Crippen LogP) is 3.24. The molecule has 0 saturated carbocycles. The number of hydrogen-bond donors (Lipinski definition) is 2. The van der Waals surface area contributed by atoms with Crippen molar-refractivity contribution in [3.05, 3.63) is 12.7 Å². The maximum Gasteiger partial charge on any atom is 0.408 e. The molecule has 0 saturated heterocycles. The lowest BCUT2D eigenvalue weighted by Crippen LogP contribution is -2.46. The minimum atomic E-state index is -0.804. The third-order valence-electron chi connectivity index (χ3n) is 2.65. The highest BCUT2D eigenvalue weighted by molar-refractivity contribution is 8.13. The molecule has 0 spiro atoms. The number of amidine groups is 1.